The first-order chi connectivity index (χ1) is 17.4. The molecule has 0 aliphatic rings. The summed E-state index contributed by atoms with van der Waals surface area (Å²) in [6.07, 6.45) is 2.79. The van der Waals surface area contributed by atoms with Crippen molar-refractivity contribution < 1.29 is 13.9 Å². The average Bonchev–Trinajstić information content (AvgIpc) is 3.22. The molecule has 182 valence electrons. The number of ether oxygens (including phenoxy) is 1. The highest BCUT2D eigenvalue weighted by Crippen LogP contribution is 2.23. The molecule has 0 N–H and O–H groups in total. The number of hydrogen-bond donors (Lipinski definition) is 0. The van der Waals surface area contributed by atoms with E-state index in [2.05, 4.69) is 38.8 Å². The van der Waals surface area contributed by atoms with E-state index < -0.39 is 0 Å². The number of carbonyl (C=O) groups is 1. The van der Waals surface area contributed by atoms with Crippen LogP contribution >= 0.6 is 15.9 Å². The van der Waals surface area contributed by atoms with Gasteiger partial charge in [0.15, 0.2) is 11.2 Å². The molecule has 0 saturated heterocycles. The van der Waals surface area contributed by atoms with E-state index >= 15 is 0 Å². The second-order valence-electron chi connectivity index (χ2n) is 8.81. The van der Waals surface area contributed by atoms with Crippen LogP contribution in [0.3, 0.4) is 0 Å². The lowest BCUT2D eigenvalue weighted by Gasteiger charge is -2.16. The van der Waals surface area contributed by atoms with E-state index in [9.17, 15) is 9.59 Å². The van der Waals surface area contributed by atoms with Gasteiger partial charge in [-0.3, -0.25) is 9.59 Å². The molecule has 0 spiro atoms. The Morgan fingerprint density at radius 1 is 1.03 bits per heavy atom. The Hall–Kier alpha value is -3.84. The third kappa shape index (κ3) is 4.93. The third-order valence-electron chi connectivity index (χ3n) is 6.27. The van der Waals surface area contributed by atoms with Crippen molar-refractivity contribution in [2.75, 3.05) is 13.6 Å². The molecule has 0 saturated carbocycles. The molecule has 0 unspecified atom stereocenters. The highest BCUT2D eigenvalue weighted by Gasteiger charge is 2.18. The summed E-state index contributed by atoms with van der Waals surface area (Å²) in [7, 11) is 3.73. The third-order valence-corrected chi connectivity index (χ3v) is 6.80. The summed E-state index contributed by atoms with van der Waals surface area (Å²) in [6.45, 7) is 0.875. The normalized spacial score (nSPS) is 11.2. The Balaban J connectivity index is 1.29. The monoisotopic (exact) mass is 544 g/mol. The van der Waals surface area contributed by atoms with E-state index in [-0.39, 0.29) is 17.1 Å². The van der Waals surface area contributed by atoms with Crippen LogP contribution in [0, 0.1) is 0 Å². The van der Waals surface area contributed by atoms with Crippen LogP contribution in [-0.2, 0) is 20.1 Å². The molecule has 0 bridgehead atoms. The lowest BCUT2D eigenvalue weighted by atomic mass is 10.1. The van der Waals surface area contributed by atoms with Crippen molar-refractivity contribution in [2.45, 2.75) is 13.0 Å². The number of halogens is 1. The summed E-state index contributed by atoms with van der Waals surface area (Å²) in [5.74, 6) is 0.255. The van der Waals surface area contributed by atoms with Crippen molar-refractivity contribution in [2.24, 2.45) is 7.05 Å². The minimum atomic E-state index is -0.329. The van der Waals surface area contributed by atoms with Crippen molar-refractivity contribution in [3.05, 3.63) is 111 Å². The Morgan fingerprint density at radius 3 is 2.61 bits per heavy atom. The Labute approximate surface area is 216 Å². The number of hydrogen-bond acceptors (Lipinski definition) is 4. The number of fused-ring (bicyclic) bond motifs is 2. The largest absolute Gasteiger partial charge is 0.489 e. The number of benzene rings is 3. The van der Waals surface area contributed by atoms with Crippen LogP contribution in [-0.4, -0.2) is 29.0 Å². The summed E-state index contributed by atoms with van der Waals surface area (Å²) in [6, 6.07) is 22.3. The molecule has 3 aromatic carbocycles. The summed E-state index contributed by atoms with van der Waals surface area (Å²) >= 11 is 3.42. The van der Waals surface area contributed by atoms with Gasteiger partial charge in [0.25, 0.3) is 5.91 Å². The molecule has 0 atom stereocenters. The molecular formula is C29H25BrN2O4. The second-order valence-corrected chi connectivity index (χ2v) is 9.72. The molecule has 0 radical (unpaired) electrons. The van der Waals surface area contributed by atoms with Gasteiger partial charge in [0.05, 0.1) is 5.39 Å². The SMILES string of the molecule is CN(CCc1cn(C)c2ccccc12)C(=O)c1cc(=O)c2cc(OCc3ccc(Br)cc3)ccc2o1. The zero-order chi connectivity index (χ0) is 25.2. The maximum Gasteiger partial charge on any atom is 0.289 e. The lowest BCUT2D eigenvalue weighted by molar-refractivity contribution is 0.0766. The molecule has 5 aromatic rings. The van der Waals surface area contributed by atoms with Gasteiger partial charge in [0, 0.05) is 48.3 Å². The number of rotatable bonds is 7. The van der Waals surface area contributed by atoms with E-state index in [0.717, 1.165) is 15.6 Å². The van der Waals surface area contributed by atoms with Crippen LogP contribution in [0.15, 0.2) is 92.7 Å². The standard InChI is InChI=1S/C29H25BrN2O4/c1-31(14-13-20-17-32(2)25-6-4-3-5-23(20)25)29(34)28-16-26(33)24-15-22(11-12-27(24)36-28)35-18-19-7-9-21(30)10-8-19/h3-12,15-17H,13-14,18H2,1-2H3. The molecule has 2 heterocycles. The number of nitrogens with zero attached hydrogens (tertiary/aromatic N) is 2. The maximum absolute atomic E-state index is 13.0. The zero-order valence-electron chi connectivity index (χ0n) is 20.0. The summed E-state index contributed by atoms with van der Waals surface area (Å²) in [5, 5.41) is 1.55. The van der Waals surface area contributed by atoms with Gasteiger partial charge in [-0.15, -0.1) is 0 Å². The number of carbonyl (C=O) groups excluding carboxylic acids is 1. The smallest absolute Gasteiger partial charge is 0.289 e. The van der Waals surface area contributed by atoms with Crippen molar-refractivity contribution in [3.63, 3.8) is 0 Å². The van der Waals surface area contributed by atoms with Gasteiger partial charge in [-0.25, -0.2) is 0 Å². The van der Waals surface area contributed by atoms with Crippen LogP contribution in [0.5, 0.6) is 5.75 Å². The number of likely N-dealkylation sites (N-methyl/N-ethyl adjacent to an activating group) is 1. The van der Waals surface area contributed by atoms with Gasteiger partial charge in [-0.1, -0.05) is 46.3 Å². The predicted octanol–water partition coefficient (Wildman–Crippen LogP) is 5.94. The molecule has 0 fully saturated rings. The summed E-state index contributed by atoms with van der Waals surface area (Å²) in [5.41, 5.74) is 3.41. The molecule has 36 heavy (non-hydrogen) atoms. The molecule has 6 nitrogen and oxygen atoms in total. The number of aryl methyl sites for hydroxylation is 1. The first kappa shape index (κ1) is 23.9. The summed E-state index contributed by atoms with van der Waals surface area (Å²) < 4.78 is 14.8. The molecule has 7 heteroatoms. The minimum Gasteiger partial charge on any atom is -0.489 e. The van der Waals surface area contributed by atoms with E-state index in [0.29, 0.717) is 36.3 Å². The molecule has 0 aliphatic carbocycles. The summed E-state index contributed by atoms with van der Waals surface area (Å²) in [4.78, 5) is 27.5. The quantitative estimate of drug-likeness (QED) is 0.254. The number of amides is 1. The Morgan fingerprint density at radius 2 is 1.81 bits per heavy atom. The van der Waals surface area contributed by atoms with Gasteiger partial charge < -0.3 is 18.6 Å². The minimum absolute atomic E-state index is 0.0245. The molecule has 0 aliphatic heterocycles. The zero-order valence-corrected chi connectivity index (χ0v) is 21.6. The van der Waals surface area contributed by atoms with Crippen LogP contribution in [0.25, 0.3) is 21.9 Å². The predicted molar refractivity (Wildman–Crippen MR) is 145 cm³/mol. The van der Waals surface area contributed by atoms with Crippen molar-refractivity contribution >= 4 is 43.7 Å². The van der Waals surface area contributed by atoms with Crippen LogP contribution in [0.1, 0.15) is 21.7 Å². The van der Waals surface area contributed by atoms with E-state index in [1.54, 1.807) is 30.1 Å². The first-order valence-electron chi connectivity index (χ1n) is 11.6. The fourth-order valence-electron chi connectivity index (χ4n) is 4.28. The second kappa shape index (κ2) is 10.0. The average molecular weight is 545 g/mol. The van der Waals surface area contributed by atoms with E-state index in [1.165, 1.54) is 17.0 Å². The maximum atomic E-state index is 13.0. The van der Waals surface area contributed by atoms with Gasteiger partial charge in [-0.2, -0.15) is 0 Å². The fraction of sp³-hybridized carbons (Fsp3) is 0.172. The van der Waals surface area contributed by atoms with Gasteiger partial charge in [0.1, 0.15) is 17.9 Å². The highest BCUT2D eigenvalue weighted by molar-refractivity contribution is 9.10. The molecular weight excluding hydrogens is 520 g/mol. The van der Waals surface area contributed by atoms with Crippen LogP contribution < -0.4 is 10.2 Å². The highest BCUT2D eigenvalue weighted by atomic mass is 79.9. The lowest BCUT2D eigenvalue weighted by Crippen LogP contribution is -2.29. The number of aromatic nitrogens is 1. The van der Waals surface area contributed by atoms with Crippen molar-refractivity contribution in [3.8, 4) is 5.75 Å². The van der Waals surface area contributed by atoms with Gasteiger partial charge in [-0.05, 0) is 53.9 Å². The van der Waals surface area contributed by atoms with Gasteiger partial charge >= 0.3 is 0 Å². The molecule has 1 amide bonds. The van der Waals surface area contributed by atoms with Crippen molar-refractivity contribution in [1.82, 2.24) is 9.47 Å². The topological polar surface area (TPSA) is 64.7 Å². The molecule has 2 aromatic heterocycles. The van der Waals surface area contributed by atoms with E-state index in [1.807, 2.05) is 43.4 Å². The number of para-hydroxylation sites is 1. The molecule has 5 rings (SSSR count). The van der Waals surface area contributed by atoms with Crippen LogP contribution in [0.4, 0.5) is 0 Å². The Kier molecular flexibility index (Phi) is 6.65. The van der Waals surface area contributed by atoms with Crippen LogP contribution in [0.2, 0.25) is 0 Å². The van der Waals surface area contributed by atoms with Crippen molar-refractivity contribution in [1.29, 1.82) is 0 Å². The van der Waals surface area contributed by atoms with E-state index in [4.69, 9.17) is 9.15 Å². The fourth-order valence-corrected chi connectivity index (χ4v) is 4.54. The first-order valence-corrected chi connectivity index (χ1v) is 12.4. The Bertz CT molecular complexity index is 1620. The van der Waals surface area contributed by atoms with Gasteiger partial charge in [0.2, 0.25) is 0 Å².